The number of hydrogen-bond donors (Lipinski definition) is 2. The van der Waals surface area contributed by atoms with Crippen LogP contribution in [-0.2, 0) is 9.59 Å². The van der Waals surface area contributed by atoms with E-state index in [1.165, 1.54) is 4.90 Å². The Morgan fingerprint density at radius 3 is 1.93 bits per heavy atom. The van der Waals surface area contributed by atoms with E-state index in [0.29, 0.717) is 0 Å². The average molecular weight is 374 g/mol. The molecule has 0 saturated carbocycles. The molecule has 0 aliphatic carbocycles. The standard InChI is InChI=1S/C19H22N2O6/c1-11(2)14(17(24)20-9-7-19(27,8-10-20)18(25)26)21-15(22)12-5-3-4-6-13(12)16(21)23/h3-6,11,14,27H,7-10H2,1-2H3,(H,25,26). The maximum atomic E-state index is 13.1. The Labute approximate surface area is 156 Å². The number of fused-ring (bicyclic) bond motifs is 1. The van der Waals surface area contributed by atoms with Crippen molar-refractivity contribution in [1.29, 1.82) is 0 Å². The van der Waals surface area contributed by atoms with Gasteiger partial charge in [-0.2, -0.15) is 0 Å². The summed E-state index contributed by atoms with van der Waals surface area (Å²) in [6, 6.07) is 5.47. The third-order valence-corrected chi connectivity index (χ3v) is 5.29. The third kappa shape index (κ3) is 3.10. The molecule has 0 aromatic heterocycles. The molecule has 144 valence electrons. The molecule has 2 aliphatic rings. The highest BCUT2D eigenvalue weighted by atomic mass is 16.4. The van der Waals surface area contributed by atoms with E-state index in [1.807, 2.05) is 0 Å². The van der Waals surface area contributed by atoms with E-state index in [2.05, 4.69) is 0 Å². The van der Waals surface area contributed by atoms with E-state index in [9.17, 15) is 24.3 Å². The zero-order valence-corrected chi connectivity index (χ0v) is 15.2. The Morgan fingerprint density at radius 1 is 1.04 bits per heavy atom. The number of hydrogen-bond acceptors (Lipinski definition) is 5. The van der Waals surface area contributed by atoms with Crippen molar-refractivity contribution in [2.45, 2.75) is 38.3 Å². The van der Waals surface area contributed by atoms with Gasteiger partial charge in [-0.1, -0.05) is 26.0 Å². The lowest BCUT2D eigenvalue weighted by atomic mass is 9.90. The zero-order valence-electron chi connectivity index (χ0n) is 15.2. The molecule has 27 heavy (non-hydrogen) atoms. The first-order chi connectivity index (χ1) is 12.7. The molecule has 3 rings (SSSR count). The SMILES string of the molecule is CC(C)C(C(=O)N1CCC(O)(C(=O)O)CC1)N1C(=O)c2ccccc2C1=O. The molecule has 1 fully saturated rings. The van der Waals surface area contributed by atoms with Crippen molar-refractivity contribution in [1.82, 2.24) is 9.80 Å². The van der Waals surface area contributed by atoms with Crippen LogP contribution in [0.1, 0.15) is 47.4 Å². The predicted molar refractivity (Wildman–Crippen MR) is 94.0 cm³/mol. The van der Waals surface area contributed by atoms with Crippen LogP contribution in [0.15, 0.2) is 24.3 Å². The van der Waals surface area contributed by atoms with E-state index in [4.69, 9.17) is 5.11 Å². The van der Waals surface area contributed by atoms with Crippen molar-refractivity contribution in [2.75, 3.05) is 13.1 Å². The lowest BCUT2D eigenvalue weighted by Crippen LogP contribution is -2.57. The zero-order chi connectivity index (χ0) is 19.9. The van der Waals surface area contributed by atoms with Crippen LogP contribution in [0.2, 0.25) is 0 Å². The Balaban J connectivity index is 1.83. The minimum atomic E-state index is -1.85. The fourth-order valence-electron chi connectivity index (χ4n) is 3.65. The van der Waals surface area contributed by atoms with Crippen molar-refractivity contribution in [3.05, 3.63) is 35.4 Å². The number of carbonyl (C=O) groups excluding carboxylic acids is 3. The molecule has 1 unspecified atom stereocenters. The second kappa shape index (κ2) is 6.77. The van der Waals surface area contributed by atoms with Gasteiger partial charge in [0, 0.05) is 25.9 Å². The second-order valence-electron chi connectivity index (χ2n) is 7.38. The van der Waals surface area contributed by atoms with Gasteiger partial charge in [-0.25, -0.2) is 4.79 Å². The minimum absolute atomic E-state index is 0.0496. The van der Waals surface area contributed by atoms with Gasteiger partial charge in [-0.05, 0) is 18.1 Å². The first-order valence-electron chi connectivity index (χ1n) is 8.89. The molecule has 8 nitrogen and oxygen atoms in total. The maximum absolute atomic E-state index is 13.1. The van der Waals surface area contributed by atoms with E-state index < -0.39 is 35.3 Å². The number of carbonyl (C=O) groups is 4. The molecule has 0 radical (unpaired) electrons. The molecule has 2 aliphatic heterocycles. The lowest BCUT2D eigenvalue weighted by molar-refractivity contribution is -0.166. The van der Waals surface area contributed by atoms with Gasteiger partial charge in [0.15, 0.2) is 5.60 Å². The van der Waals surface area contributed by atoms with Crippen LogP contribution in [0.3, 0.4) is 0 Å². The largest absolute Gasteiger partial charge is 0.479 e. The fourth-order valence-corrected chi connectivity index (χ4v) is 3.65. The molecular formula is C19H22N2O6. The van der Waals surface area contributed by atoms with Crippen molar-refractivity contribution >= 4 is 23.7 Å². The number of benzene rings is 1. The smallest absolute Gasteiger partial charge is 0.335 e. The summed E-state index contributed by atoms with van der Waals surface area (Å²) < 4.78 is 0. The molecule has 2 N–H and O–H groups in total. The summed E-state index contributed by atoms with van der Waals surface area (Å²) in [5.74, 6) is -3.04. The quantitative estimate of drug-likeness (QED) is 0.752. The Kier molecular flexibility index (Phi) is 4.77. The van der Waals surface area contributed by atoms with Crippen molar-refractivity contribution < 1.29 is 29.4 Å². The van der Waals surface area contributed by atoms with Crippen LogP contribution in [0.4, 0.5) is 0 Å². The van der Waals surface area contributed by atoms with Gasteiger partial charge in [0.25, 0.3) is 11.8 Å². The number of rotatable bonds is 4. The molecule has 2 heterocycles. The predicted octanol–water partition coefficient (Wildman–Crippen LogP) is 0.745. The molecule has 1 aromatic carbocycles. The molecule has 1 saturated heterocycles. The average Bonchev–Trinajstić information content (AvgIpc) is 2.88. The van der Waals surface area contributed by atoms with Gasteiger partial charge in [-0.15, -0.1) is 0 Å². The van der Waals surface area contributed by atoms with Crippen LogP contribution >= 0.6 is 0 Å². The van der Waals surface area contributed by atoms with E-state index >= 15 is 0 Å². The molecular weight excluding hydrogens is 352 g/mol. The second-order valence-corrected chi connectivity index (χ2v) is 7.38. The number of piperidine rings is 1. The normalized spacial score (nSPS) is 20.0. The third-order valence-electron chi connectivity index (χ3n) is 5.29. The van der Waals surface area contributed by atoms with Crippen molar-refractivity contribution in [3.8, 4) is 0 Å². The summed E-state index contributed by atoms with van der Waals surface area (Å²) in [4.78, 5) is 52.2. The van der Waals surface area contributed by atoms with Gasteiger partial charge in [0.1, 0.15) is 6.04 Å². The number of amides is 3. The molecule has 0 spiro atoms. The van der Waals surface area contributed by atoms with Gasteiger partial charge < -0.3 is 15.1 Å². The van der Waals surface area contributed by atoms with Gasteiger partial charge in [0.2, 0.25) is 5.91 Å². The number of imide groups is 1. The topological polar surface area (TPSA) is 115 Å². The monoisotopic (exact) mass is 374 g/mol. The van der Waals surface area contributed by atoms with E-state index in [0.717, 1.165) is 4.90 Å². The summed E-state index contributed by atoms with van der Waals surface area (Å²) in [7, 11) is 0. The summed E-state index contributed by atoms with van der Waals surface area (Å²) in [6.45, 7) is 3.61. The fraction of sp³-hybridized carbons (Fsp3) is 0.474. The Hall–Kier alpha value is -2.74. The lowest BCUT2D eigenvalue weighted by Gasteiger charge is -2.39. The van der Waals surface area contributed by atoms with Crippen LogP contribution in [-0.4, -0.2) is 68.4 Å². The first-order valence-corrected chi connectivity index (χ1v) is 8.89. The summed E-state index contributed by atoms with van der Waals surface area (Å²) in [5, 5.41) is 19.2. The highest BCUT2D eigenvalue weighted by Crippen LogP contribution is 2.30. The molecule has 1 aromatic rings. The summed E-state index contributed by atoms with van der Waals surface area (Å²) >= 11 is 0. The number of aliphatic hydroxyl groups is 1. The van der Waals surface area contributed by atoms with Crippen molar-refractivity contribution in [3.63, 3.8) is 0 Å². The maximum Gasteiger partial charge on any atom is 0.335 e. The van der Waals surface area contributed by atoms with Crippen LogP contribution in [0, 0.1) is 5.92 Å². The Morgan fingerprint density at radius 2 is 1.52 bits per heavy atom. The number of carboxylic acid groups (broad SMARTS) is 1. The van der Waals surface area contributed by atoms with Gasteiger partial charge in [0.05, 0.1) is 11.1 Å². The number of aliphatic carboxylic acids is 1. The number of carboxylic acids is 1. The molecule has 3 amide bonds. The highest BCUT2D eigenvalue weighted by Gasteiger charge is 2.47. The van der Waals surface area contributed by atoms with Gasteiger partial charge in [-0.3, -0.25) is 19.3 Å². The van der Waals surface area contributed by atoms with Gasteiger partial charge >= 0.3 is 5.97 Å². The van der Waals surface area contributed by atoms with E-state index in [1.54, 1.807) is 38.1 Å². The van der Waals surface area contributed by atoms with E-state index in [-0.39, 0.29) is 43.0 Å². The molecule has 8 heteroatoms. The van der Waals surface area contributed by atoms with Crippen molar-refractivity contribution in [2.24, 2.45) is 5.92 Å². The number of likely N-dealkylation sites (tertiary alicyclic amines) is 1. The number of nitrogens with zero attached hydrogens (tertiary/aromatic N) is 2. The molecule has 1 atom stereocenters. The van der Waals surface area contributed by atoms with Crippen LogP contribution < -0.4 is 0 Å². The summed E-state index contributed by atoms with van der Waals surface area (Å²) in [6.07, 6.45) is -0.192. The van der Waals surface area contributed by atoms with Crippen LogP contribution in [0.5, 0.6) is 0 Å². The first kappa shape index (κ1) is 19.0. The highest BCUT2D eigenvalue weighted by molar-refractivity contribution is 6.22. The Bertz CT molecular complexity index is 775. The summed E-state index contributed by atoms with van der Waals surface area (Å²) in [5.41, 5.74) is -1.29. The van der Waals surface area contributed by atoms with Crippen LogP contribution in [0.25, 0.3) is 0 Å². The molecule has 0 bridgehead atoms. The minimum Gasteiger partial charge on any atom is -0.479 e.